The summed E-state index contributed by atoms with van der Waals surface area (Å²) in [5, 5.41) is 2.69. The number of nitrogens with two attached hydrogens (primary N) is 1. The van der Waals surface area contributed by atoms with Crippen LogP contribution >= 0.6 is 11.8 Å². The number of thioether (sulfide) groups is 1. The van der Waals surface area contributed by atoms with E-state index in [1.54, 1.807) is 0 Å². The molecule has 0 saturated carbocycles. The molecule has 0 bridgehead atoms. The van der Waals surface area contributed by atoms with Crippen LogP contribution in [0.2, 0.25) is 0 Å². The van der Waals surface area contributed by atoms with Crippen LogP contribution in [0.5, 0.6) is 0 Å². The predicted octanol–water partition coefficient (Wildman–Crippen LogP) is 2.08. The van der Waals surface area contributed by atoms with Crippen LogP contribution in [0.15, 0.2) is 29.2 Å². The van der Waals surface area contributed by atoms with E-state index in [-0.39, 0.29) is 5.91 Å². The van der Waals surface area contributed by atoms with Crippen LogP contribution < -0.4 is 11.1 Å². The Morgan fingerprint density at radius 1 is 1.35 bits per heavy atom. The third kappa shape index (κ3) is 5.14. The molecule has 0 aliphatic carbocycles. The summed E-state index contributed by atoms with van der Waals surface area (Å²) in [6.07, 6.45) is 0.713. The van der Waals surface area contributed by atoms with Gasteiger partial charge in [0.1, 0.15) is 0 Å². The van der Waals surface area contributed by atoms with Gasteiger partial charge in [-0.3, -0.25) is 4.79 Å². The second-order valence-electron chi connectivity index (χ2n) is 3.30. The first-order valence-corrected chi connectivity index (χ1v) is 6.04. The highest BCUT2D eigenvalue weighted by Gasteiger charge is 2.07. The standard InChI is InChI=1S/C11H14F2N2OS/c12-11(13)17-9-4-2-8(3-5-9)10(16)15-7-1-6-14/h2-5,11H,1,6-7,14H2,(H,15,16). The fraction of sp³-hybridized carbons (Fsp3) is 0.364. The van der Waals surface area contributed by atoms with Gasteiger partial charge in [0.05, 0.1) is 0 Å². The van der Waals surface area contributed by atoms with E-state index in [9.17, 15) is 13.6 Å². The summed E-state index contributed by atoms with van der Waals surface area (Å²) < 4.78 is 24.1. The molecule has 1 rings (SSSR count). The number of carbonyl (C=O) groups is 1. The lowest BCUT2D eigenvalue weighted by molar-refractivity contribution is 0.0953. The van der Waals surface area contributed by atoms with Crippen molar-refractivity contribution in [3.8, 4) is 0 Å². The maximum atomic E-state index is 12.1. The molecule has 1 amide bonds. The Hall–Kier alpha value is -1.14. The van der Waals surface area contributed by atoms with E-state index in [1.807, 2.05) is 0 Å². The number of nitrogens with one attached hydrogen (secondary N) is 1. The molecule has 3 nitrogen and oxygen atoms in total. The average molecular weight is 260 g/mol. The van der Waals surface area contributed by atoms with Crippen molar-refractivity contribution in [1.82, 2.24) is 5.32 Å². The van der Waals surface area contributed by atoms with Crippen molar-refractivity contribution in [3.63, 3.8) is 0 Å². The molecule has 0 aliphatic rings. The molecule has 0 heterocycles. The number of alkyl halides is 2. The summed E-state index contributed by atoms with van der Waals surface area (Å²) in [6.45, 7) is 1.03. The summed E-state index contributed by atoms with van der Waals surface area (Å²) in [7, 11) is 0. The van der Waals surface area contributed by atoms with E-state index in [2.05, 4.69) is 5.32 Å². The minimum atomic E-state index is -2.45. The van der Waals surface area contributed by atoms with E-state index in [0.29, 0.717) is 41.7 Å². The van der Waals surface area contributed by atoms with Crippen LogP contribution in [-0.4, -0.2) is 24.8 Å². The normalized spacial score (nSPS) is 10.6. The van der Waals surface area contributed by atoms with Gasteiger partial charge in [-0.05, 0) is 37.2 Å². The Morgan fingerprint density at radius 3 is 2.53 bits per heavy atom. The molecule has 0 fully saturated rings. The monoisotopic (exact) mass is 260 g/mol. The van der Waals surface area contributed by atoms with Crippen LogP contribution in [0, 0.1) is 0 Å². The molecule has 17 heavy (non-hydrogen) atoms. The summed E-state index contributed by atoms with van der Waals surface area (Å²) in [4.78, 5) is 12.0. The van der Waals surface area contributed by atoms with E-state index in [4.69, 9.17) is 5.73 Å². The van der Waals surface area contributed by atoms with Crippen molar-refractivity contribution in [1.29, 1.82) is 0 Å². The maximum absolute atomic E-state index is 12.1. The van der Waals surface area contributed by atoms with Gasteiger partial charge in [0, 0.05) is 17.0 Å². The zero-order valence-corrected chi connectivity index (χ0v) is 9.97. The highest BCUT2D eigenvalue weighted by molar-refractivity contribution is 7.99. The van der Waals surface area contributed by atoms with Gasteiger partial charge >= 0.3 is 0 Å². The van der Waals surface area contributed by atoms with Crippen LogP contribution in [0.3, 0.4) is 0 Å². The SMILES string of the molecule is NCCCNC(=O)c1ccc(SC(F)F)cc1. The Balaban J connectivity index is 2.52. The molecular formula is C11H14F2N2OS. The minimum Gasteiger partial charge on any atom is -0.352 e. The fourth-order valence-corrected chi connectivity index (χ4v) is 1.69. The third-order valence-corrected chi connectivity index (χ3v) is 2.73. The number of hydrogen-bond donors (Lipinski definition) is 2. The topological polar surface area (TPSA) is 55.1 Å². The molecule has 3 N–H and O–H groups in total. The first kappa shape index (κ1) is 13.9. The van der Waals surface area contributed by atoms with Crippen LogP contribution in [0.25, 0.3) is 0 Å². The first-order valence-electron chi connectivity index (χ1n) is 5.16. The smallest absolute Gasteiger partial charge is 0.288 e. The second-order valence-corrected chi connectivity index (χ2v) is 4.36. The largest absolute Gasteiger partial charge is 0.352 e. The summed E-state index contributed by atoms with van der Waals surface area (Å²) in [5.41, 5.74) is 5.75. The molecule has 94 valence electrons. The molecule has 1 aromatic carbocycles. The molecule has 0 aliphatic heterocycles. The molecule has 0 saturated heterocycles. The third-order valence-electron chi connectivity index (χ3n) is 2.01. The van der Waals surface area contributed by atoms with Crippen LogP contribution in [-0.2, 0) is 0 Å². The molecule has 0 unspecified atom stereocenters. The van der Waals surface area contributed by atoms with Gasteiger partial charge in [-0.25, -0.2) is 0 Å². The molecule has 0 spiro atoms. The highest BCUT2D eigenvalue weighted by atomic mass is 32.2. The Bertz CT molecular complexity index is 357. The highest BCUT2D eigenvalue weighted by Crippen LogP contribution is 2.24. The number of carbonyl (C=O) groups excluding carboxylic acids is 1. The van der Waals surface area contributed by atoms with E-state index in [1.165, 1.54) is 24.3 Å². The second kappa shape index (κ2) is 7.24. The molecule has 0 radical (unpaired) electrons. The Labute approximate surface area is 103 Å². The van der Waals surface area contributed by atoms with Gasteiger partial charge in [0.2, 0.25) is 0 Å². The lowest BCUT2D eigenvalue weighted by Crippen LogP contribution is -2.25. The Kier molecular flexibility index (Phi) is 5.93. The van der Waals surface area contributed by atoms with Gasteiger partial charge in [-0.2, -0.15) is 8.78 Å². The van der Waals surface area contributed by atoms with Crippen molar-refractivity contribution in [2.45, 2.75) is 17.1 Å². The van der Waals surface area contributed by atoms with Gasteiger partial charge < -0.3 is 11.1 Å². The van der Waals surface area contributed by atoms with Crippen LogP contribution in [0.1, 0.15) is 16.8 Å². The van der Waals surface area contributed by atoms with Crippen molar-refractivity contribution in [2.75, 3.05) is 13.1 Å². The number of rotatable bonds is 6. The van der Waals surface area contributed by atoms with Gasteiger partial charge in [-0.1, -0.05) is 11.8 Å². The van der Waals surface area contributed by atoms with Gasteiger partial charge in [0.15, 0.2) is 0 Å². The lowest BCUT2D eigenvalue weighted by atomic mass is 10.2. The van der Waals surface area contributed by atoms with Crippen LogP contribution in [0.4, 0.5) is 8.78 Å². The van der Waals surface area contributed by atoms with E-state index < -0.39 is 5.76 Å². The van der Waals surface area contributed by atoms with Crippen molar-refractivity contribution in [3.05, 3.63) is 29.8 Å². The lowest BCUT2D eigenvalue weighted by Gasteiger charge is -2.05. The maximum Gasteiger partial charge on any atom is 0.288 e. The number of amides is 1. The minimum absolute atomic E-state index is 0.216. The zero-order valence-electron chi connectivity index (χ0n) is 9.16. The van der Waals surface area contributed by atoms with Crippen molar-refractivity contribution in [2.24, 2.45) is 5.73 Å². The number of halogens is 2. The summed E-state index contributed by atoms with van der Waals surface area (Å²) in [6, 6.07) is 6.08. The number of hydrogen-bond acceptors (Lipinski definition) is 3. The molecule has 0 atom stereocenters. The average Bonchev–Trinajstić information content (AvgIpc) is 2.29. The fourth-order valence-electron chi connectivity index (χ4n) is 1.19. The predicted molar refractivity (Wildman–Crippen MR) is 64.3 cm³/mol. The van der Waals surface area contributed by atoms with E-state index in [0.717, 1.165) is 0 Å². The summed E-state index contributed by atoms with van der Waals surface area (Å²) in [5.74, 6) is -2.66. The molecule has 0 aromatic heterocycles. The molecular weight excluding hydrogens is 246 g/mol. The number of benzene rings is 1. The first-order chi connectivity index (χ1) is 8.13. The van der Waals surface area contributed by atoms with Crippen molar-refractivity contribution < 1.29 is 13.6 Å². The molecule has 6 heteroatoms. The zero-order chi connectivity index (χ0) is 12.7. The molecule has 1 aromatic rings. The summed E-state index contributed by atoms with van der Waals surface area (Å²) >= 11 is 0.459. The Morgan fingerprint density at radius 2 is 2.00 bits per heavy atom. The van der Waals surface area contributed by atoms with Gasteiger partial charge in [-0.15, -0.1) is 0 Å². The van der Waals surface area contributed by atoms with Crippen molar-refractivity contribution >= 4 is 17.7 Å². The van der Waals surface area contributed by atoms with Gasteiger partial charge in [0.25, 0.3) is 11.7 Å². The van der Waals surface area contributed by atoms with E-state index >= 15 is 0 Å². The quantitative estimate of drug-likeness (QED) is 0.608.